The van der Waals surface area contributed by atoms with Crippen LogP contribution >= 0.6 is 0 Å². The Morgan fingerprint density at radius 3 is 2.62 bits per heavy atom. The van der Waals surface area contributed by atoms with Gasteiger partial charge in [0.05, 0.1) is 12.6 Å². The Bertz CT molecular complexity index is 891. The maximum Gasteiger partial charge on any atom is 0.262 e. The van der Waals surface area contributed by atoms with E-state index in [9.17, 15) is 14.3 Å². The number of aliphatic hydroxyl groups is 1. The highest BCUT2D eigenvalue weighted by molar-refractivity contribution is 6.25. The monoisotopic (exact) mass is 351 g/mol. The van der Waals surface area contributed by atoms with Crippen molar-refractivity contribution in [2.75, 3.05) is 18.4 Å². The fourth-order valence-corrected chi connectivity index (χ4v) is 3.44. The lowest BCUT2D eigenvalue weighted by Crippen LogP contribution is -2.41. The largest absolute Gasteiger partial charge is 0.511 e. The minimum Gasteiger partial charge on any atom is -0.511 e. The van der Waals surface area contributed by atoms with Crippen molar-refractivity contribution < 1.29 is 14.3 Å². The van der Waals surface area contributed by atoms with Crippen molar-refractivity contribution in [1.82, 2.24) is 4.90 Å². The quantitative estimate of drug-likeness (QED) is 0.890. The molecule has 5 nitrogen and oxygen atoms in total. The summed E-state index contributed by atoms with van der Waals surface area (Å²) in [6, 6.07) is 15.1. The molecule has 2 aliphatic heterocycles. The summed E-state index contributed by atoms with van der Waals surface area (Å²) in [5.74, 6) is -0.180. The first kappa shape index (κ1) is 16.3. The van der Waals surface area contributed by atoms with Crippen molar-refractivity contribution in [3.05, 3.63) is 77.3 Å². The molecule has 1 amide bonds. The summed E-state index contributed by atoms with van der Waals surface area (Å²) in [5.41, 5.74) is 1.75. The highest BCUT2D eigenvalue weighted by Gasteiger charge is 2.38. The maximum absolute atomic E-state index is 13.2. The van der Waals surface area contributed by atoms with Gasteiger partial charge in [0.25, 0.3) is 5.91 Å². The van der Waals surface area contributed by atoms with Crippen molar-refractivity contribution >= 4 is 17.4 Å². The van der Waals surface area contributed by atoms with Crippen molar-refractivity contribution in [2.24, 2.45) is 4.99 Å². The normalized spacial score (nSPS) is 19.2. The predicted octanol–water partition coefficient (Wildman–Crippen LogP) is 3.44. The van der Waals surface area contributed by atoms with Crippen LogP contribution in [0.2, 0.25) is 0 Å². The maximum atomic E-state index is 13.2. The number of nitrogens with one attached hydrogen (secondary N) is 1. The van der Waals surface area contributed by atoms with Crippen LogP contribution in [0.1, 0.15) is 18.0 Å². The fraction of sp³-hybridized carbons (Fsp3) is 0.200. The van der Waals surface area contributed by atoms with Crippen LogP contribution in [-0.4, -0.2) is 34.8 Å². The number of carbonyl (C=O) groups excluding carboxylic acids is 1. The summed E-state index contributed by atoms with van der Waals surface area (Å²) in [6.45, 7) is 1.22. The molecule has 0 fully saturated rings. The molecule has 132 valence electrons. The molecule has 0 saturated carbocycles. The first-order valence-corrected chi connectivity index (χ1v) is 8.49. The average Bonchev–Trinajstić information content (AvgIpc) is 3.11. The summed E-state index contributed by atoms with van der Waals surface area (Å²) < 4.78 is 13.2. The Balaban J connectivity index is 1.65. The van der Waals surface area contributed by atoms with E-state index in [-0.39, 0.29) is 35.5 Å². The summed E-state index contributed by atoms with van der Waals surface area (Å²) in [4.78, 5) is 19.2. The van der Waals surface area contributed by atoms with E-state index >= 15 is 0 Å². The second-order valence-electron chi connectivity index (χ2n) is 6.31. The summed E-state index contributed by atoms with van der Waals surface area (Å²) >= 11 is 0. The van der Waals surface area contributed by atoms with Crippen molar-refractivity contribution in [3.8, 4) is 0 Å². The number of halogens is 1. The number of anilines is 1. The van der Waals surface area contributed by atoms with Crippen molar-refractivity contribution in [2.45, 2.75) is 12.5 Å². The second kappa shape index (κ2) is 6.63. The number of hydrogen-bond acceptors (Lipinski definition) is 4. The molecule has 2 aromatic rings. The molecular formula is C20H18FN3O2. The third-order valence-corrected chi connectivity index (χ3v) is 4.66. The molecule has 2 aliphatic rings. The average molecular weight is 351 g/mol. The van der Waals surface area contributed by atoms with E-state index in [1.165, 1.54) is 12.1 Å². The number of para-hydroxylation sites is 1. The van der Waals surface area contributed by atoms with Gasteiger partial charge in [0.15, 0.2) is 0 Å². The number of benzene rings is 2. The van der Waals surface area contributed by atoms with E-state index in [1.807, 2.05) is 23.1 Å². The van der Waals surface area contributed by atoms with Crippen LogP contribution in [0.3, 0.4) is 0 Å². The number of amidine groups is 1. The van der Waals surface area contributed by atoms with Crippen LogP contribution in [-0.2, 0) is 4.79 Å². The number of nitrogens with zero attached hydrogens (tertiary/aromatic N) is 2. The van der Waals surface area contributed by atoms with Crippen LogP contribution in [0.25, 0.3) is 0 Å². The van der Waals surface area contributed by atoms with Gasteiger partial charge in [0.2, 0.25) is 0 Å². The van der Waals surface area contributed by atoms with Crippen LogP contribution in [0.5, 0.6) is 0 Å². The molecule has 0 saturated heterocycles. The number of aliphatic imine (C=N–C) groups is 1. The van der Waals surface area contributed by atoms with Gasteiger partial charge in [0, 0.05) is 18.7 Å². The Morgan fingerprint density at radius 2 is 1.88 bits per heavy atom. The minimum absolute atomic E-state index is 0.00431. The lowest BCUT2D eigenvalue weighted by Gasteiger charge is -2.35. The first-order chi connectivity index (χ1) is 12.6. The van der Waals surface area contributed by atoms with Gasteiger partial charge in [-0.25, -0.2) is 4.39 Å². The van der Waals surface area contributed by atoms with Gasteiger partial charge >= 0.3 is 0 Å². The third kappa shape index (κ3) is 2.94. The molecule has 4 rings (SSSR count). The number of fused-ring (bicyclic) bond motifs is 1. The zero-order valence-electron chi connectivity index (χ0n) is 14.0. The fourth-order valence-electron chi connectivity index (χ4n) is 3.44. The van der Waals surface area contributed by atoms with Crippen molar-refractivity contribution in [1.29, 1.82) is 0 Å². The molecule has 0 bridgehead atoms. The number of rotatable bonds is 3. The molecule has 2 N–H and O–H groups in total. The number of amides is 1. The van der Waals surface area contributed by atoms with Gasteiger partial charge in [-0.1, -0.05) is 30.3 Å². The molecule has 0 radical (unpaired) electrons. The standard InChI is InChI=1S/C20H18FN3O2/c21-14-8-6-13(7-9-14)16-12-17(25)18(19-22-10-11-24(16)19)20(26)23-15-4-2-1-3-5-15/h1-9,16,25H,10-12H2,(H,23,26)/t16-/m1/s1. The smallest absolute Gasteiger partial charge is 0.262 e. The van der Waals surface area contributed by atoms with Gasteiger partial charge in [0.1, 0.15) is 23.0 Å². The van der Waals surface area contributed by atoms with E-state index < -0.39 is 0 Å². The van der Waals surface area contributed by atoms with Crippen LogP contribution in [0, 0.1) is 5.82 Å². The Labute approximate surface area is 150 Å². The van der Waals surface area contributed by atoms with Crippen LogP contribution < -0.4 is 5.32 Å². The SMILES string of the molecule is O=C(Nc1ccccc1)C1=C(O)C[C@H](c2ccc(F)cc2)N2CCN=C12. The molecule has 2 aromatic carbocycles. The van der Waals surface area contributed by atoms with Gasteiger partial charge in [-0.3, -0.25) is 9.79 Å². The van der Waals surface area contributed by atoms with Gasteiger partial charge < -0.3 is 15.3 Å². The Hall–Kier alpha value is -3.15. The lowest BCUT2D eigenvalue weighted by molar-refractivity contribution is -0.112. The van der Waals surface area contributed by atoms with Gasteiger partial charge in [-0.15, -0.1) is 0 Å². The second-order valence-corrected chi connectivity index (χ2v) is 6.31. The van der Waals surface area contributed by atoms with E-state index in [4.69, 9.17) is 0 Å². The summed E-state index contributed by atoms with van der Waals surface area (Å²) in [6.07, 6.45) is 0.280. The summed E-state index contributed by atoms with van der Waals surface area (Å²) in [5, 5.41) is 13.4. The number of aliphatic hydroxyl groups excluding tert-OH is 1. The Kier molecular flexibility index (Phi) is 4.16. The molecule has 26 heavy (non-hydrogen) atoms. The number of hydrogen-bond donors (Lipinski definition) is 2. The highest BCUT2D eigenvalue weighted by Crippen LogP contribution is 2.36. The van der Waals surface area contributed by atoms with Crippen LogP contribution in [0.4, 0.5) is 10.1 Å². The third-order valence-electron chi connectivity index (χ3n) is 4.66. The number of carbonyl (C=O) groups is 1. The van der Waals surface area contributed by atoms with Crippen LogP contribution in [0.15, 0.2) is 70.9 Å². The molecule has 6 heteroatoms. The molecule has 0 aromatic heterocycles. The molecular weight excluding hydrogens is 333 g/mol. The van der Waals surface area contributed by atoms with E-state index in [1.54, 1.807) is 24.3 Å². The Morgan fingerprint density at radius 1 is 1.15 bits per heavy atom. The molecule has 0 spiro atoms. The van der Waals surface area contributed by atoms with E-state index in [2.05, 4.69) is 10.3 Å². The molecule has 1 atom stereocenters. The zero-order chi connectivity index (χ0) is 18.1. The van der Waals surface area contributed by atoms with Gasteiger partial charge in [-0.05, 0) is 29.8 Å². The minimum atomic E-state index is -0.378. The lowest BCUT2D eigenvalue weighted by atomic mass is 9.93. The molecule has 2 heterocycles. The molecule has 0 unspecified atom stereocenters. The zero-order valence-corrected chi connectivity index (χ0v) is 14.0. The molecule has 0 aliphatic carbocycles. The summed E-state index contributed by atoms with van der Waals surface area (Å²) in [7, 11) is 0. The van der Waals surface area contributed by atoms with E-state index in [0.29, 0.717) is 24.6 Å². The first-order valence-electron chi connectivity index (χ1n) is 8.49. The van der Waals surface area contributed by atoms with E-state index in [0.717, 1.165) is 5.56 Å². The van der Waals surface area contributed by atoms with Crippen molar-refractivity contribution in [3.63, 3.8) is 0 Å². The highest BCUT2D eigenvalue weighted by atomic mass is 19.1. The topological polar surface area (TPSA) is 64.9 Å². The predicted molar refractivity (Wildman–Crippen MR) is 97.5 cm³/mol. The van der Waals surface area contributed by atoms with Gasteiger partial charge in [-0.2, -0.15) is 0 Å².